The minimum atomic E-state index is -0.484. The number of carbonyl (C=O) groups excluding carboxylic acids is 2. The Morgan fingerprint density at radius 2 is 2.00 bits per heavy atom. The largest absolute Gasteiger partial charge is 0.467 e. The molecule has 1 atom stereocenters. The van der Waals surface area contributed by atoms with Crippen LogP contribution in [0.1, 0.15) is 27.2 Å². The van der Waals surface area contributed by atoms with E-state index in [1.165, 1.54) is 18.9 Å². The van der Waals surface area contributed by atoms with Crippen molar-refractivity contribution in [3.8, 4) is 0 Å². The maximum absolute atomic E-state index is 11.1. The summed E-state index contributed by atoms with van der Waals surface area (Å²) < 4.78 is 4.56. The molecule has 0 aliphatic rings. The third-order valence-electron chi connectivity index (χ3n) is 1.88. The number of nitrogens with zero attached hydrogens (tertiary/aromatic N) is 1. The minimum Gasteiger partial charge on any atom is -0.467 e. The van der Waals surface area contributed by atoms with Gasteiger partial charge in [0.25, 0.3) is 0 Å². The highest BCUT2D eigenvalue weighted by Gasteiger charge is 2.22. The maximum Gasteiger partial charge on any atom is 0.328 e. The van der Waals surface area contributed by atoms with Gasteiger partial charge in [-0.2, -0.15) is 0 Å². The molecule has 1 amide bonds. The van der Waals surface area contributed by atoms with Crippen molar-refractivity contribution in [3.05, 3.63) is 0 Å². The predicted molar refractivity (Wildman–Crippen MR) is 49.2 cm³/mol. The molecule has 0 saturated carbocycles. The molecule has 0 aliphatic carbocycles. The second-order valence-corrected chi connectivity index (χ2v) is 2.91. The molecule has 4 nitrogen and oxygen atoms in total. The Bertz CT molecular complexity index is 191. The molecular formula is C9H17NO3. The number of rotatable bonds is 4. The Morgan fingerprint density at radius 1 is 1.46 bits per heavy atom. The standard InChI is InChI=1S/C9H17NO3/c1-5-6-10(8(3)11)7(2)9(12)13-4/h7H,5-6H2,1-4H3. The Labute approximate surface area is 78.9 Å². The van der Waals surface area contributed by atoms with Crippen molar-refractivity contribution in [2.24, 2.45) is 0 Å². The fraction of sp³-hybridized carbons (Fsp3) is 0.778. The number of hydrogen-bond donors (Lipinski definition) is 0. The molecule has 0 saturated heterocycles. The average molecular weight is 187 g/mol. The zero-order valence-corrected chi connectivity index (χ0v) is 8.66. The van der Waals surface area contributed by atoms with Crippen molar-refractivity contribution >= 4 is 11.9 Å². The van der Waals surface area contributed by atoms with Crippen LogP contribution in [-0.4, -0.2) is 36.5 Å². The molecule has 0 spiro atoms. The third-order valence-corrected chi connectivity index (χ3v) is 1.88. The zero-order chi connectivity index (χ0) is 10.4. The monoisotopic (exact) mass is 187 g/mol. The van der Waals surface area contributed by atoms with Crippen LogP contribution in [0.25, 0.3) is 0 Å². The summed E-state index contributed by atoms with van der Waals surface area (Å²) >= 11 is 0. The van der Waals surface area contributed by atoms with Gasteiger partial charge < -0.3 is 9.64 Å². The van der Waals surface area contributed by atoms with Gasteiger partial charge in [-0.25, -0.2) is 4.79 Å². The highest BCUT2D eigenvalue weighted by molar-refractivity contribution is 5.82. The molecule has 4 heteroatoms. The van der Waals surface area contributed by atoms with E-state index in [0.717, 1.165) is 6.42 Å². The van der Waals surface area contributed by atoms with Crippen LogP contribution in [-0.2, 0) is 14.3 Å². The summed E-state index contributed by atoms with van der Waals surface area (Å²) in [6, 6.07) is -0.484. The molecule has 0 radical (unpaired) electrons. The van der Waals surface area contributed by atoms with Crippen LogP contribution in [0.3, 0.4) is 0 Å². The molecule has 0 aliphatic heterocycles. The van der Waals surface area contributed by atoms with E-state index in [0.29, 0.717) is 6.54 Å². The highest BCUT2D eigenvalue weighted by atomic mass is 16.5. The van der Waals surface area contributed by atoms with E-state index in [4.69, 9.17) is 0 Å². The SMILES string of the molecule is CCCN(C(C)=O)C(C)C(=O)OC. The van der Waals surface area contributed by atoms with Gasteiger partial charge in [0.05, 0.1) is 7.11 Å². The number of ether oxygens (including phenoxy) is 1. The van der Waals surface area contributed by atoms with Crippen LogP contribution in [0.15, 0.2) is 0 Å². The van der Waals surface area contributed by atoms with E-state index in [1.54, 1.807) is 6.92 Å². The van der Waals surface area contributed by atoms with E-state index in [-0.39, 0.29) is 11.9 Å². The summed E-state index contributed by atoms with van der Waals surface area (Å²) in [5, 5.41) is 0. The first-order chi connectivity index (χ1) is 6.04. The van der Waals surface area contributed by atoms with Crippen LogP contribution >= 0.6 is 0 Å². The number of hydrogen-bond acceptors (Lipinski definition) is 3. The van der Waals surface area contributed by atoms with Crippen LogP contribution in [0.2, 0.25) is 0 Å². The molecule has 0 bridgehead atoms. The third kappa shape index (κ3) is 3.44. The zero-order valence-electron chi connectivity index (χ0n) is 8.66. The van der Waals surface area contributed by atoms with E-state index in [9.17, 15) is 9.59 Å². The molecule has 0 rings (SSSR count). The summed E-state index contributed by atoms with van der Waals surface area (Å²) in [4.78, 5) is 23.7. The van der Waals surface area contributed by atoms with Gasteiger partial charge in [-0.05, 0) is 13.3 Å². The second kappa shape index (κ2) is 5.56. The number of esters is 1. The Kier molecular flexibility index (Phi) is 5.11. The fourth-order valence-electron chi connectivity index (χ4n) is 1.16. The summed E-state index contributed by atoms with van der Waals surface area (Å²) in [5.41, 5.74) is 0. The second-order valence-electron chi connectivity index (χ2n) is 2.91. The summed E-state index contributed by atoms with van der Waals surface area (Å²) in [6.07, 6.45) is 0.834. The molecule has 0 aromatic heterocycles. The normalized spacial score (nSPS) is 12.0. The van der Waals surface area contributed by atoms with Crippen LogP contribution in [0.4, 0.5) is 0 Å². The van der Waals surface area contributed by atoms with Gasteiger partial charge in [0.15, 0.2) is 0 Å². The van der Waals surface area contributed by atoms with E-state index < -0.39 is 6.04 Å². The number of carbonyl (C=O) groups is 2. The molecule has 0 aromatic rings. The van der Waals surface area contributed by atoms with Crippen molar-refractivity contribution < 1.29 is 14.3 Å². The van der Waals surface area contributed by atoms with E-state index in [2.05, 4.69) is 4.74 Å². The molecule has 76 valence electrons. The average Bonchev–Trinajstić information content (AvgIpc) is 2.11. The molecule has 13 heavy (non-hydrogen) atoms. The summed E-state index contributed by atoms with van der Waals surface area (Å²) in [5.74, 6) is -0.469. The first-order valence-electron chi connectivity index (χ1n) is 4.39. The predicted octanol–water partition coefficient (Wildman–Crippen LogP) is 0.806. The van der Waals surface area contributed by atoms with Gasteiger partial charge in [0, 0.05) is 13.5 Å². The summed E-state index contributed by atoms with van der Waals surface area (Å²) in [7, 11) is 1.32. The minimum absolute atomic E-state index is 0.0975. The van der Waals surface area contributed by atoms with E-state index >= 15 is 0 Å². The number of amides is 1. The quantitative estimate of drug-likeness (QED) is 0.612. The smallest absolute Gasteiger partial charge is 0.328 e. The lowest BCUT2D eigenvalue weighted by molar-refractivity contribution is -0.151. The Balaban J connectivity index is 4.35. The topological polar surface area (TPSA) is 46.6 Å². The summed E-state index contributed by atoms with van der Waals surface area (Å²) in [6.45, 7) is 5.67. The fourth-order valence-corrected chi connectivity index (χ4v) is 1.16. The van der Waals surface area contributed by atoms with Crippen molar-refractivity contribution in [1.82, 2.24) is 4.90 Å². The maximum atomic E-state index is 11.1. The van der Waals surface area contributed by atoms with Gasteiger partial charge >= 0.3 is 5.97 Å². The molecule has 1 unspecified atom stereocenters. The molecule has 0 N–H and O–H groups in total. The van der Waals surface area contributed by atoms with Gasteiger partial charge in [-0.1, -0.05) is 6.92 Å². The van der Waals surface area contributed by atoms with Gasteiger partial charge in [-0.15, -0.1) is 0 Å². The Hall–Kier alpha value is -1.06. The molecule has 0 heterocycles. The van der Waals surface area contributed by atoms with Gasteiger partial charge in [0.2, 0.25) is 5.91 Å². The van der Waals surface area contributed by atoms with Gasteiger partial charge in [0.1, 0.15) is 6.04 Å². The van der Waals surface area contributed by atoms with Crippen LogP contribution in [0.5, 0.6) is 0 Å². The lowest BCUT2D eigenvalue weighted by Gasteiger charge is -2.25. The molecule has 0 fully saturated rings. The number of methoxy groups -OCH3 is 1. The Morgan fingerprint density at radius 3 is 2.31 bits per heavy atom. The lowest BCUT2D eigenvalue weighted by Crippen LogP contribution is -2.43. The van der Waals surface area contributed by atoms with Crippen molar-refractivity contribution in [3.63, 3.8) is 0 Å². The first-order valence-corrected chi connectivity index (χ1v) is 4.39. The van der Waals surface area contributed by atoms with E-state index in [1.807, 2.05) is 6.92 Å². The van der Waals surface area contributed by atoms with Crippen molar-refractivity contribution in [1.29, 1.82) is 0 Å². The highest BCUT2D eigenvalue weighted by Crippen LogP contribution is 2.02. The van der Waals surface area contributed by atoms with Crippen LogP contribution < -0.4 is 0 Å². The first kappa shape index (κ1) is 11.9. The van der Waals surface area contributed by atoms with Crippen molar-refractivity contribution in [2.45, 2.75) is 33.2 Å². The molecule has 0 aromatic carbocycles. The van der Waals surface area contributed by atoms with Crippen molar-refractivity contribution in [2.75, 3.05) is 13.7 Å². The van der Waals surface area contributed by atoms with Gasteiger partial charge in [-0.3, -0.25) is 4.79 Å². The lowest BCUT2D eigenvalue weighted by atomic mass is 10.2. The molecular weight excluding hydrogens is 170 g/mol. The van der Waals surface area contributed by atoms with Crippen LogP contribution in [0, 0.1) is 0 Å².